The molecular weight excluding hydrogens is 384 g/mol. The van der Waals surface area contributed by atoms with Crippen LogP contribution < -0.4 is 4.74 Å². The van der Waals surface area contributed by atoms with Gasteiger partial charge < -0.3 is 14.2 Å². The highest BCUT2D eigenvalue weighted by molar-refractivity contribution is 7.99. The summed E-state index contributed by atoms with van der Waals surface area (Å²) in [6, 6.07) is 8.14. The van der Waals surface area contributed by atoms with E-state index < -0.39 is 0 Å². The topological polar surface area (TPSA) is 60.3 Å². The first kappa shape index (κ1) is 20.3. The molecule has 1 aliphatic heterocycles. The van der Waals surface area contributed by atoms with E-state index in [1.54, 1.807) is 7.11 Å². The number of nitrogens with zero attached hydrogens (tertiary/aromatic N) is 4. The maximum Gasteiger partial charge on any atom is 0.233 e. The summed E-state index contributed by atoms with van der Waals surface area (Å²) >= 11 is 1.47. The Kier molecular flexibility index (Phi) is 5.13. The Morgan fingerprint density at radius 2 is 1.93 bits per heavy atom. The fourth-order valence-corrected chi connectivity index (χ4v) is 6.19. The minimum absolute atomic E-state index is 0.218. The minimum atomic E-state index is 0.218. The van der Waals surface area contributed by atoms with Crippen LogP contribution in [0.2, 0.25) is 0 Å². The zero-order valence-electron chi connectivity index (χ0n) is 17.9. The zero-order chi connectivity index (χ0) is 20.8. The van der Waals surface area contributed by atoms with Crippen molar-refractivity contribution in [3.8, 4) is 17.1 Å². The molecule has 2 bridgehead atoms. The van der Waals surface area contributed by atoms with Gasteiger partial charge in [0, 0.05) is 25.2 Å². The van der Waals surface area contributed by atoms with Crippen molar-refractivity contribution in [2.75, 3.05) is 19.4 Å². The van der Waals surface area contributed by atoms with Crippen LogP contribution in [0.3, 0.4) is 0 Å². The monoisotopic (exact) mass is 414 g/mol. The highest BCUT2D eigenvalue weighted by Crippen LogP contribution is 2.52. The molecular formula is C22H30N4O2S. The Bertz CT molecular complexity index is 908. The van der Waals surface area contributed by atoms with Gasteiger partial charge in [0.2, 0.25) is 5.91 Å². The summed E-state index contributed by atoms with van der Waals surface area (Å²) in [5, 5.41) is 9.40. The van der Waals surface area contributed by atoms with E-state index >= 15 is 0 Å². The number of benzene rings is 1. The average molecular weight is 415 g/mol. The Morgan fingerprint density at radius 1 is 1.21 bits per heavy atom. The molecule has 29 heavy (non-hydrogen) atoms. The number of carbonyl (C=O) groups excluding carboxylic acids is 1. The van der Waals surface area contributed by atoms with Crippen LogP contribution in [0.1, 0.15) is 40.0 Å². The lowest BCUT2D eigenvalue weighted by atomic mass is 9.65. The van der Waals surface area contributed by atoms with Gasteiger partial charge in [-0.2, -0.15) is 0 Å². The maximum atomic E-state index is 13.0. The lowest BCUT2D eigenvalue weighted by molar-refractivity contribution is -0.129. The van der Waals surface area contributed by atoms with E-state index in [1.807, 2.05) is 35.9 Å². The molecule has 2 fully saturated rings. The lowest BCUT2D eigenvalue weighted by Gasteiger charge is -2.39. The molecule has 1 aromatic heterocycles. The molecule has 1 aromatic carbocycles. The highest BCUT2D eigenvalue weighted by atomic mass is 32.2. The van der Waals surface area contributed by atoms with Crippen molar-refractivity contribution in [1.82, 2.24) is 19.7 Å². The number of aromatic nitrogens is 3. The molecule has 6 nitrogen and oxygen atoms in total. The molecule has 0 radical (unpaired) electrons. The number of ether oxygens (including phenoxy) is 1. The minimum Gasteiger partial charge on any atom is -0.497 e. The summed E-state index contributed by atoms with van der Waals surface area (Å²) in [6.07, 6.45) is 3.44. The zero-order valence-corrected chi connectivity index (χ0v) is 18.8. The molecule has 2 heterocycles. The summed E-state index contributed by atoms with van der Waals surface area (Å²) in [4.78, 5) is 15.1. The highest BCUT2D eigenvalue weighted by Gasteiger charge is 2.50. The lowest BCUT2D eigenvalue weighted by Crippen LogP contribution is -2.38. The van der Waals surface area contributed by atoms with Crippen LogP contribution in [0.5, 0.6) is 5.75 Å². The molecule has 2 aromatic rings. The van der Waals surface area contributed by atoms with Crippen molar-refractivity contribution in [2.24, 2.45) is 17.9 Å². The fourth-order valence-electron chi connectivity index (χ4n) is 5.39. The van der Waals surface area contributed by atoms with Gasteiger partial charge in [-0.25, -0.2) is 0 Å². The number of methoxy groups -OCH3 is 1. The van der Waals surface area contributed by atoms with E-state index in [0.29, 0.717) is 17.2 Å². The second kappa shape index (κ2) is 7.35. The van der Waals surface area contributed by atoms with Gasteiger partial charge in [-0.3, -0.25) is 4.79 Å². The summed E-state index contributed by atoms with van der Waals surface area (Å²) in [6.45, 7) is 7.89. The predicted molar refractivity (Wildman–Crippen MR) is 115 cm³/mol. The van der Waals surface area contributed by atoms with E-state index in [2.05, 4.69) is 35.9 Å². The number of likely N-dealkylation sites (tertiary alicyclic amines) is 1. The third-order valence-electron chi connectivity index (χ3n) is 6.24. The maximum absolute atomic E-state index is 13.0. The van der Waals surface area contributed by atoms with Gasteiger partial charge in [-0.1, -0.05) is 32.5 Å². The van der Waals surface area contributed by atoms with Crippen molar-refractivity contribution in [3.05, 3.63) is 24.3 Å². The van der Waals surface area contributed by atoms with Gasteiger partial charge in [0.1, 0.15) is 5.75 Å². The van der Waals surface area contributed by atoms with Gasteiger partial charge >= 0.3 is 0 Å². The molecule has 4 rings (SSSR count). The summed E-state index contributed by atoms with van der Waals surface area (Å²) in [7, 11) is 3.59. The molecule has 1 aliphatic carbocycles. The van der Waals surface area contributed by atoms with Crippen LogP contribution in [-0.4, -0.2) is 51.0 Å². The van der Waals surface area contributed by atoms with Crippen LogP contribution >= 0.6 is 11.8 Å². The van der Waals surface area contributed by atoms with E-state index in [-0.39, 0.29) is 11.3 Å². The molecule has 1 amide bonds. The Balaban J connectivity index is 1.42. The molecule has 0 unspecified atom stereocenters. The second-order valence-corrected chi connectivity index (χ2v) is 10.6. The molecule has 7 heteroatoms. The van der Waals surface area contributed by atoms with Crippen molar-refractivity contribution < 1.29 is 9.53 Å². The van der Waals surface area contributed by atoms with Crippen LogP contribution in [-0.2, 0) is 11.8 Å². The largest absolute Gasteiger partial charge is 0.497 e. The number of thioether (sulfide) groups is 1. The van der Waals surface area contributed by atoms with E-state index in [9.17, 15) is 4.79 Å². The van der Waals surface area contributed by atoms with Crippen molar-refractivity contribution in [3.63, 3.8) is 0 Å². The first-order chi connectivity index (χ1) is 13.7. The fraction of sp³-hybridized carbons (Fsp3) is 0.591. The van der Waals surface area contributed by atoms with Crippen molar-refractivity contribution in [1.29, 1.82) is 0 Å². The van der Waals surface area contributed by atoms with Crippen molar-refractivity contribution in [2.45, 2.75) is 51.2 Å². The van der Waals surface area contributed by atoms with E-state index in [0.717, 1.165) is 41.7 Å². The van der Waals surface area contributed by atoms with Crippen LogP contribution in [0.15, 0.2) is 29.4 Å². The Morgan fingerprint density at radius 3 is 2.62 bits per heavy atom. The molecule has 2 aliphatic rings. The normalized spacial score (nSPS) is 25.3. The molecule has 2 atom stereocenters. The average Bonchev–Trinajstić information content (AvgIpc) is 3.15. The predicted octanol–water partition coefficient (Wildman–Crippen LogP) is 4.01. The smallest absolute Gasteiger partial charge is 0.233 e. The molecule has 0 spiro atoms. The summed E-state index contributed by atoms with van der Waals surface area (Å²) < 4.78 is 7.17. The summed E-state index contributed by atoms with van der Waals surface area (Å²) in [5.41, 5.74) is 1.55. The molecule has 156 valence electrons. The second-order valence-electron chi connectivity index (χ2n) is 9.62. The number of hydrogen-bond donors (Lipinski definition) is 0. The number of hydrogen-bond acceptors (Lipinski definition) is 5. The van der Waals surface area contributed by atoms with Gasteiger partial charge in [0.05, 0.1) is 12.9 Å². The third kappa shape index (κ3) is 4.02. The van der Waals surface area contributed by atoms with Crippen LogP contribution in [0.4, 0.5) is 0 Å². The van der Waals surface area contributed by atoms with Gasteiger partial charge in [0.25, 0.3) is 0 Å². The summed E-state index contributed by atoms with van der Waals surface area (Å²) in [5.74, 6) is 2.22. The Labute approximate surface area is 177 Å². The first-order valence-electron chi connectivity index (χ1n) is 10.2. The SMILES string of the molecule is COc1ccc(-c2nnc(SCC(=O)N3C[C@@]4(C)C[C@H]3CC(C)(C)C4)n2C)cc1. The number of rotatable bonds is 5. The number of carbonyl (C=O) groups is 1. The van der Waals surface area contributed by atoms with Crippen LogP contribution in [0, 0.1) is 10.8 Å². The molecule has 0 N–H and O–H groups in total. The van der Waals surface area contributed by atoms with Gasteiger partial charge in [-0.05, 0) is 54.4 Å². The van der Waals surface area contributed by atoms with Crippen LogP contribution in [0.25, 0.3) is 11.4 Å². The number of fused-ring (bicyclic) bond motifs is 2. The van der Waals surface area contributed by atoms with E-state index in [1.165, 1.54) is 18.2 Å². The number of amides is 1. The standard InChI is InChI=1S/C22H30N4O2S/c1-21(2)10-16-11-22(3,13-21)14-26(16)18(27)12-29-20-24-23-19(25(20)4)15-6-8-17(28-5)9-7-15/h6-9,16H,10-14H2,1-5H3/t16-,22+/m1/s1. The van der Waals surface area contributed by atoms with Gasteiger partial charge in [-0.15, -0.1) is 10.2 Å². The molecule has 1 saturated heterocycles. The third-order valence-corrected chi connectivity index (χ3v) is 7.25. The van der Waals surface area contributed by atoms with Gasteiger partial charge in [0.15, 0.2) is 11.0 Å². The van der Waals surface area contributed by atoms with E-state index in [4.69, 9.17) is 4.74 Å². The quantitative estimate of drug-likeness (QED) is 0.692. The Hall–Kier alpha value is -2.02. The molecule has 1 saturated carbocycles. The van der Waals surface area contributed by atoms with Crippen molar-refractivity contribution >= 4 is 17.7 Å². The first-order valence-corrected chi connectivity index (χ1v) is 11.1.